The number of nitrogens with zero attached hydrogens (tertiary/aromatic N) is 1. The number of hydrogen-bond donors (Lipinski definition) is 0. The fourth-order valence-corrected chi connectivity index (χ4v) is 3.94. The van der Waals surface area contributed by atoms with Gasteiger partial charge in [0, 0.05) is 22.2 Å². The molecule has 30 heavy (non-hydrogen) atoms. The Bertz CT molecular complexity index is 1160. The van der Waals surface area contributed by atoms with Gasteiger partial charge in [-0.25, -0.2) is 0 Å². The fraction of sp³-hybridized carbons (Fsp3) is 0.0870. The number of halogens is 1. The number of thioether (sulfide) groups is 1. The maximum atomic E-state index is 12.7. The lowest BCUT2D eigenvalue weighted by Gasteiger charge is -2.12. The molecule has 2 heterocycles. The molecular weight excluding hydrogens is 422 g/mol. The largest absolute Gasteiger partial charge is 0.457 e. The van der Waals surface area contributed by atoms with E-state index in [1.165, 1.54) is 11.8 Å². The van der Waals surface area contributed by atoms with E-state index >= 15 is 0 Å². The molecule has 0 N–H and O–H groups in total. The molecule has 150 valence electrons. The molecule has 0 saturated carbocycles. The molecule has 0 radical (unpaired) electrons. The van der Waals surface area contributed by atoms with Crippen molar-refractivity contribution in [2.75, 3.05) is 0 Å². The molecule has 2 aromatic carbocycles. The molecule has 0 unspecified atom stereocenters. The summed E-state index contributed by atoms with van der Waals surface area (Å²) in [5.41, 5.74) is 2.26. The van der Waals surface area contributed by atoms with Gasteiger partial charge in [0.15, 0.2) is 5.78 Å². The number of imide groups is 1. The second-order valence-corrected chi connectivity index (χ2v) is 8.16. The highest BCUT2D eigenvalue weighted by Crippen LogP contribution is 2.34. The van der Waals surface area contributed by atoms with E-state index in [1.54, 1.807) is 66.7 Å². The Balaban J connectivity index is 1.51. The molecule has 2 amide bonds. The van der Waals surface area contributed by atoms with Gasteiger partial charge >= 0.3 is 0 Å². The van der Waals surface area contributed by atoms with Crippen molar-refractivity contribution in [3.05, 3.63) is 87.5 Å². The van der Waals surface area contributed by atoms with Crippen molar-refractivity contribution in [1.29, 1.82) is 0 Å². The molecule has 1 aliphatic rings. The molecule has 1 aromatic heterocycles. The van der Waals surface area contributed by atoms with Crippen LogP contribution in [0, 0.1) is 0 Å². The maximum absolute atomic E-state index is 12.7. The summed E-state index contributed by atoms with van der Waals surface area (Å²) in [7, 11) is 0. The minimum absolute atomic E-state index is 0.00369. The highest BCUT2D eigenvalue weighted by atomic mass is 35.5. The number of rotatable bonds is 5. The average Bonchev–Trinajstić information content (AvgIpc) is 3.30. The van der Waals surface area contributed by atoms with Crippen LogP contribution in [-0.2, 0) is 11.3 Å². The third kappa shape index (κ3) is 4.25. The minimum Gasteiger partial charge on any atom is -0.457 e. The molecule has 0 aliphatic carbocycles. The van der Waals surface area contributed by atoms with Gasteiger partial charge in [-0.3, -0.25) is 19.3 Å². The molecule has 3 aromatic rings. The van der Waals surface area contributed by atoms with Crippen molar-refractivity contribution >= 4 is 46.4 Å². The quantitative estimate of drug-likeness (QED) is 0.359. The van der Waals surface area contributed by atoms with Gasteiger partial charge in [-0.15, -0.1) is 0 Å². The summed E-state index contributed by atoms with van der Waals surface area (Å²) in [6, 6.07) is 17.6. The van der Waals surface area contributed by atoms with Crippen LogP contribution in [-0.4, -0.2) is 21.8 Å². The van der Waals surface area contributed by atoms with Gasteiger partial charge in [-0.1, -0.05) is 48.0 Å². The van der Waals surface area contributed by atoms with Crippen molar-refractivity contribution in [2.24, 2.45) is 0 Å². The lowest BCUT2D eigenvalue weighted by atomic mass is 10.1. The Hall–Kier alpha value is -3.09. The third-order valence-electron chi connectivity index (χ3n) is 4.60. The summed E-state index contributed by atoms with van der Waals surface area (Å²) in [6.07, 6.45) is 1.57. The average molecular weight is 438 g/mol. The van der Waals surface area contributed by atoms with Gasteiger partial charge in [0.1, 0.15) is 11.5 Å². The van der Waals surface area contributed by atoms with Crippen molar-refractivity contribution in [3.8, 4) is 11.3 Å². The SMILES string of the molecule is CC(=O)c1ccc(-c2ccc(/C=C3/SC(=O)N(Cc4ccc(Cl)cc4)C3=O)o2)cc1. The van der Waals surface area contributed by atoms with Crippen LogP contribution in [0.3, 0.4) is 0 Å². The number of hydrogen-bond acceptors (Lipinski definition) is 5. The van der Waals surface area contributed by atoms with E-state index in [1.807, 2.05) is 0 Å². The lowest BCUT2D eigenvalue weighted by Crippen LogP contribution is -2.27. The topological polar surface area (TPSA) is 67.6 Å². The first-order chi connectivity index (χ1) is 14.4. The van der Waals surface area contributed by atoms with E-state index in [9.17, 15) is 14.4 Å². The van der Waals surface area contributed by atoms with Crippen LogP contribution < -0.4 is 0 Å². The predicted octanol–water partition coefficient (Wildman–Crippen LogP) is 6.04. The van der Waals surface area contributed by atoms with Crippen molar-refractivity contribution in [3.63, 3.8) is 0 Å². The highest BCUT2D eigenvalue weighted by molar-refractivity contribution is 8.18. The summed E-state index contributed by atoms with van der Waals surface area (Å²) in [5, 5.41) is 0.269. The van der Waals surface area contributed by atoms with Crippen LogP contribution in [0.2, 0.25) is 5.02 Å². The fourth-order valence-electron chi connectivity index (χ4n) is 2.99. The summed E-state index contributed by atoms with van der Waals surface area (Å²) in [6.45, 7) is 1.70. The molecule has 5 nitrogen and oxygen atoms in total. The van der Waals surface area contributed by atoms with Gasteiger partial charge < -0.3 is 4.42 Å². The molecule has 0 spiro atoms. The van der Waals surface area contributed by atoms with Crippen LogP contribution in [0.25, 0.3) is 17.4 Å². The number of Topliss-reactive ketones (excluding diaryl/α,β-unsaturated/α-hetero) is 1. The molecule has 1 aliphatic heterocycles. The van der Waals surface area contributed by atoms with E-state index in [0.29, 0.717) is 27.0 Å². The van der Waals surface area contributed by atoms with Crippen molar-refractivity contribution in [1.82, 2.24) is 4.90 Å². The number of benzene rings is 2. The van der Waals surface area contributed by atoms with Gasteiger partial charge in [-0.2, -0.15) is 0 Å². The Labute approximate surface area is 182 Å². The van der Waals surface area contributed by atoms with Gasteiger partial charge in [0.2, 0.25) is 0 Å². The molecule has 7 heteroatoms. The van der Waals surface area contributed by atoms with Crippen LogP contribution in [0.1, 0.15) is 28.6 Å². The first-order valence-corrected chi connectivity index (χ1v) is 10.3. The van der Waals surface area contributed by atoms with Crippen LogP contribution >= 0.6 is 23.4 Å². The van der Waals surface area contributed by atoms with E-state index in [-0.39, 0.29) is 23.5 Å². The second kappa shape index (κ2) is 8.34. The smallest absolute Gasteiger partial charge is 0.293 e. The molecular formula is C23H16ClNO4S. The van der Waals surface area contributed by atoms with E-state index in [0.717, 1.165) is 22.9 Å². The lowest BCUT2D eigenvalue weighted by molar-refractivity contribution is -0.123. The molecule has 0 bridgehead atoms. The Kier molecular flexibility index (Phi) is 5.61. The number of carbonyl (C=O) groups is 3. The summed E-state index contributed by atoms with van der Waals surface area (Å²) < 4.78 is 5.81. The van der Waals surface area contributed by atoms with Crippen molar-refractivity contribution < 1.29 is 18.8 Å². The first-order valence-electron chi connectivity index (χ1n) is 9.12. The molecule has 0 atom stereocenters. The number of carbonyl (C=O) groups excluding carboxylic acids is 3. The van der Waals surface area contributed by atoms with Crippen LogP contribution in [0.5, 0.6) is 0 Å². The monoisotopic (exact) mass is 437 g/mol. The molecule has 4 rings (SSSR count). The van der Waals surface area contributed by atoms with Gasteiger partial charge in [0.25, 0.3) is 11.1 Å². The standard InChI is InChI=1S/C23H16ClNO4S/c1-14(26)16-4-6-17(7-5-16)20-11-10-19(29-20)12-21-22(27)25(23(28)30-21)13-15-2-8-18(24)9-3-15/h2-12H,13H2,1H3/b21-12+. The van der Waals surface area contributed by atoms with Gasteiger partial charge in [0.05, 0.1) is 11.4 Å². The Morgan fingerprint density at radius 3 is 2.40 bits per heavy atom. The van der Waals surface area contributed by atoms with Crippen molar-refractivity contribution in [2.45, 2.75) is 13.5 Å². The zero-order valence-electron chi connectivity index (χ0n) is 15.9. The van der Waals surface area contributed by atoms with E-state index in [4.69, 9.17) is 16.0 Å². The number of furan rings is 1. The van der Waals surface area contributed by atoms with E-state index < -0.39 is 0 Å². The zero-order valence-corrected chi connectivity index (χ0v) is 17.5. The minimum atomic E-state index is -0.358. The molecule has 1 saturated heterocycles. The second-order valence-electron chi connectivity index (χ2n) is 6.73. The van der Waals surface area contributed by atoms with Crippen LogP contribution in [0.4, 0.5) is 4.79 Å². The highest BCUT2D eigenvalue weighted by Gasteiger charge is 2.35. The number of amides is 2. The summed E-state index contributed by atoms with van der Waals surface area (Å²) in [4.78, 5) is 37.9. The Morgan fingerprint density at radius 1 is 1.03 bits per heavy atom. The first kappa shape index (κ1) is 20.2. The van der Waals surface area contributed by atoms with E-state index in [2.05, 4.69) is 0 Å². The predicted molar refractivity (Wildman–Crippen MR) is 117 cm³/mol. The van der Waals surface area contributed by atoms with Gasteiger partial charge in [-0.05, 0) is 48.5 Å². The normalized spacial score (nSPS) is 15.3. The molecule has 1 fully saturated rings. The Morgan fingerprint density at radius 2 is 1.73 bits per heavy atom. The summed E-state index contributed by atoms with van der Waals surface area (Å²) >= 11 is 6.76. The third-order valence-corrected chi connectivity index (χ3v) is 5.76. The summed E-state index contributed by atoms with van der Waals surface area (Å²) in [5.74, 6) is 0.717. The van der Waals surface area contributed by atoms with Crippen LogP contribution in [0.15, 0.2) is 70.0 Å². The maximum Gasteiger partial charge on any atom is 0.293 e. The zero-order chi connectivity index (χ0) is 21.3. The number of ketones is 1.